The zero-order valence-corrected chi connectivity index (χ0v) is 13.9. The van der Waals surface area contributed by atoms with Crippen molar-refractivity contribution in [3.63, 3.8) is 0 Å². The van der Waals surface area contributed by atoms with Crippen molar-refractivity contribution in [1.29, 1.82) is 0 Å². The van der Waals surface area contributed by atoms with E-state index in [9.17, 15) is 0 Å². The van der Waals surface area contributed by atoms with Crippen molar-refractivity contribution in [1.82, 2.24) is 0 Å². The first kappa shape index (κ1) is 17.6. The van der Waals surface area contributed by atoms with Crippen LogP contribution in [0, 0.1) is 5.92 Å². The van der Waals surface area contributed by atoms with E-state index in [4.69, 9.17) is 19.9 Å². The monoisotopic (exact) mass is 295 g/mol. The highest BCUT2D eigenvalue weighted by atomic mass is 16.5. The number of hydrogen-bond acceptors (Lipinski definition) is 4. The Balaban J connectivity index is 3.20. The Bertz CT molecular complexity index is 405. The van der Waals surface area contributed by atoms with Crippen molar-refractivity contribution in [2.24, 2.45) is 11.7 Å². The summed E-state index contributed by atoms with van der Waals surface area (Å²) in [7, 11) is 0. The molecular weight excluding hydrogens is 266 g/mol. The van der Waals surface area contributed by atoms with Gasteiger partial charge in [-0.1, -0.05) is 13.8 Å². The lowest BCUT2D eigenvalue weighted by Gasteiger charge is -2.20. The summed E-state index contributed by atoms with van der Waals surface area (Å²) in [4.78, 5) is 0. The van der Waals surface area contributed by atoms with Gasteiger partial charge in [0.05, 0.1) is 19.8 Å². The van der Waals surface area contributed by atoms with Gasteiger partial charge < -0.3 is 19.9 Å². The van der Waals surface area contributed by atoms with Crippen LogP contribution in [-0.4, -0.2) is 19.8 Å². The molecule has 0 spiro atoms. The maximum Gasteiger partial charge on any atom is 0.203 e. The summed E-state index contributed by atoms with van der Waals surface area (Å²) in [5, 5.41) is 0. The zero-order chi connectivity index (χ0) is 15.8. The first-order valence-corrected chi connectivity index (χ1v) is 7.85. The predicted octanol–water partition coefficient (Wildman–Crippen LogP) is 3.93. The van der Waals surface area contributed by atoms with E-state index in [2.05, 4.69) is 13.8 Å². The van der Waals surface area contributed by atoms with Crippen molar-refractivity contribution in [2.45, 2.75) is 47.1 Å². The van der Waals surface area contributed by atoms with Crippen LogP contribution < -0.4 is 19.9 Å². The lowest BCUT2D eigenvalue weighted by Crippen LogP contribution is -2.14. The van der Waals surface area contributed by atoms with E-state index in [0.29, 0.717) is 43.0 Å². The molecule has 0 bridgehead atoms. The molecule has 120 valence electrons. The van der Waals surface area contributed by atoms with Gasteiger partial charge in [-0.15, -0.1) is 0 Å². The van der Waals surface area contributed by atoms with Gasteiger partial charge >= 0.3 is 0 Å². The van der Waals surface area contributed by atoms with Crippen molar-refractivity contribution >= 4 is 0 Å². The average molecular weight is 295 g/mol. The molecule has 1 unspecified atom stereocenters. The number of benzene rings is 1. The summed E-state index contributed by atoms with van der Waals surface area (Å²) < 4.78 is 17.1. The Morgan fingerprint density at radius 2 is 1.38 bits per heavy atom. The molecule has 0 heterocycles. The molecule has 0 saturated heterocycles. The van der Waals surface area contributed by atoms with Gasteiger partial charge in [-0.3, -0.25) is 0 Å². The van der Waals surface area contributed by atoms with E-state index in [1.807, 2.05) is 32.9 Å². The van der Waals surface area contributed by atoms with E-state index in [1.165, 1.54) is 0 Å². The second-order valence-electron chi connectivity index (χ2n) is 5.38. The molecule has 0 fully saturated rings. The van der Waals surface area contributed by atoms with E-state index < -0.39 is 0 Å². The highest BCUT2D eigenvalue weighted by Crippen LogP contribution is 2.40. The van der Waals surface area contributed by atoms with Gasteiger partial charge in [0.2, 0.25) is 5.75 Å². The second kappa shape index (κ2) is 8.78. The molecule has 0 aliphatic heterocycles. The van der Waals surface area contributed by atoms with Crippen molar-refractivity contribution in [3.8, 4) is 17.2 Å². The Morgan fingerprint density at radius 1 is 0.905 bits per heavy atom. The Kier molecular flexibility index (Phi) is 7.37. The predicted molar refractivity (Wildman–Crippen MR) is 86.3 cm³/mol. The summed E-state index contributed by atoms with van der Waals surface area (Å²) in [6.45, 7) is 11.9. The minimum absolute atomic E-state index is 0.0286. The highest BCUT2D eigenvalue weighted by Gasteiger charge is 2.18. The van der Waals surface area contributed by atoms with Gasteiger partial charge in [0.1, 0.15) is 0 Å². The van der Waals surface area contributed by atoms with Crippen LogP contribution in [0.5, 0.6) is 17.2 Å². The largest absolute Gasteiger partial charge is 0.490 e. The molecule has 1 aromatic rings. The molecule has 0 aliphatic rings. The summed E-state index contributed by atoms with van der Waals surface area (Å²) in [5.74, 6) is 2.62. The smallest absolute Gasteiger partial charge is 0.203 e. The van der Waals surface area contributed by atoms with Crippen LogP contribution in [0.1, 0.15) is 52.6 Å². The third kappa shape index (κ3) is 5.12. The Morgan fingerprint density at radius 3 is 1.76 bits per heavy atom. The number of ether oxygens (including phenoxy) is 3. The number of hydrogen-bond donors (Lipinski definition) is 1. The first-order chi connectivity index (χ1) is 10.0. The molecule has 4 nitrogen and oxygen atoms in total. The fourth-order valence-electron chi connectivity index (χ4n) is 2.27. The van der Waals surface area contributed by atoms with Crippen LogP contribution >= 0.6 is 0 Å². The Hall–Kier alpha value is -1.42. The van der Waals surface area contributed by atoms with Crippen LogP contribution in [-0.2, 0) is 0 Å². The first-order valence-electron chi connectivity index (χ1n) is 7.85. The maximum atomic E-state index is 6.30. The van der Waals surface area contributed by atoms with Gasteiger partial charge in [0.15, 0.2) is 11.5 Å². The summed E-state index contributed by atoms with van der Waals surface area (Å²) >= 11 is 0. The molecule has 1 rings (SSSR count). The van der Waals surface area contributed by atoms with Gasteiger partial charge in [-0.25, -0.2) is 0 Å². The molecule has 0 aromatic heterocycles. The van der Waals surface area contributed by atoms with E-state index in [0.717, 1.165) is 12.0 Å². The number of nitrogens with two attached hydrogens (primary N) is 1. The average Bonchev–Trinajstić information content (AvgIpc) is 2.41. The minimum Gasteiger partial charge on any atom is -0.490 e. The fraction of sp³-hybridized carbons (Fsp3) is 0.647. The van der Waals surface area contributed by atoms with E-state index >= 15 is 0 Å². The molecule has 21 heavy (non-hydrogen) atoms. The summed E-state index contributed by atoms with van der Waals surface area (Å²) in [6.07, 6.45) is 0.922. The normalized spacial score (nSPS) is 12.3. The third-order valence-corrected chi connectivity index (χ3v) is 3.08. The highest BCUT2D eigenvalue weighted by molar-refractivity contribution is 5.54. The number of rotatable bonds is 9. The fourth-order valence-corrected chi connectivity index (χ4v) is 2.27. The molecule has 0 radical (unpaired) electrons. The second-order valence-corrected chi connectivity index (χ2v) is 5.38. The van der Waals surface area contributed by atoms with E-state index in [-0.39, 0.29) is 6.04 Å². The van der Waals surface area contributed by atoms with Gasteiger partial charge in [-0.2, -0.15) is 0 Å². The van der Waals surface area contributed by atoms with Crippen LogP contribution in [0.4, 0.5) is 0 Å². The van der Waals surface area contributed by atoms with Crippen LogP contribution in [0.3, 0.4) is 0 Å². The van der Waals surface area contributed by atoms with Gasteiger partial charge in [0.25, 0.3) is 0 Å². The molecule has 1 atom stereocenters. The van der Waals surface area contributed by atoms with Crippen LogP contribution in [0.15, 0.2) is 12.1 Å². The van der Waals surface area contributed by atoms with Crippen LogP contribution in [0.25, 0.3) is 0 Å². The lowest BCUT2D eigenvalue weighted by atomic mass is 9.97. The minimum atomic E-state index is -0.0286. The topological polar surface area (TPSA) is 53.7 Å². The molecule has 2 N–H and O–H groups in total. The summed E-state index contributed by atoms with van der Waals surface area (Å²) in [5.41, 5.74) is 7.33. The van der Waals surface area contributed by atoms with Gasteiger partial charge in [0, 0.05) is 6.04 Å². The molecule has 0 amide bonds. The molecule has 0 aliphatic carbocycles. The standard InChI is InChI=1S/C17H29NO3/c1-6-19-15-10-13(14(18)9-12(4)5)11-16(20-7-2)17(15)21-8-3/h10-12,14H,6-9,18H2,1-5H3. The van der Waals surface area contributed by atoms with Crippen molar-refractivity contribution in [3.05, 3.63) is 17.7 Å². The molecule has 4 heteroatoms. The summed E-state index contributed by atoms with van der Waals surface area (Å²) in [6, 6.07) is 3.92. The van der Waals surface area contributed by atoms with Crippen LogP contribution in [0.2, 0.25) is 0 Å². The Labute approximate surface area is 128 Å². The van der Waals surface area contributed by atoms with Crippen molar-refractivity contribution in [2.75, 3.05) is 19.8 Å². The molecular formula is C17H29NO3. The molecule has 0 saturated carbocycles. The molecule has 1 aromatic carbocycles. The zero-order valence-electron chi connectivity index (χ0n) is 13.9. The quantitative estimate of drug-likeness (QED) is 0.750. The lowest BCUT2D eigenvalue weighted by molar-refractivity contribution is 0.260. The SMILES string of the molecule is CCOc1cc(C(N)CC(C)C)cc(OCC)c1OCC. The third-order valence-electron chi connectivity index (χ3n) is 3.08. The maximum absolute atomic E-state index is 6.30. The van der Waals surface area contributed by atoms with E-state index in [1.54, 1.807) is 0 Å². The van der Waals surface area contributed by atoms with Crippen molar-refractivity contribution < 1.29 is 14.2 Å². The van der Waals surface area contributed by atoms with Gasteiger partial charge in [-0.05, 0) is 50.8 Å².